The number of unbranched alkanes of at least 4 members (excludes halogenated alkanes) is 3. The van der Waals surface area contributed by atoms with E-state index in [4.69, 9.17) is 5.11 Å². The SMILES string of the molecule is CC=CC(=O)NCC(=O)NCCC1C2CCC(C2)C1CCCCCCC(=O)O. The van der Waals surface area contributed by atoms with E-state index in [-0.39, 0.29) is 24.8 Å². The van der Waals surface area contributed by atoms with Gasteiger partial charge < -0.3 is 15.7 Å². The Kier molecular flexibility index (Phi) is 9.51. The highest BCUT2D eigenvalue weighted by molar-refractivity contribution is 5.91. The minimum Gasteiger partial charge on any atom is -0.481 e. The van der Waals surface area contributed by atoms with Crippen LogP contribution in [-0.2, 0) is 14.4 Å². The van der Waals surface area contributed by atoms with E-state index < -0.39 is 5.97 Å². The Morgan fingerprint density at radius 3 is 2.32 bits per heavy atom. The summed E-state index contributed by atoms with van der Waals surface area (Å²) in [5, 5.41) is 14.2. The van der Waals surface area contributed by atoms with Crippen LogP contribution in [0.5, 0.6) is 0 Å². The van der Waals surface area contributed by atoms with Crippen LogP contribution in [0.2, 0.25) is 0 Å². The molecule has 2 saturated carbocycles. The summed E-state index contributed by atoms with van der Waals surface area (Å²) in [6, 6.07) is 0. The van der Waals surface area contributed by atoms with E-state index in [0.29, 0.717) is 12.5 Å². The van der Waals surface area contributed by atoms with Crippen molar-refractivity contribution in [1.82, 2.24) is 10.6 Å². The van der Waals surface area contributed by atoms with Gasteiger partial charge in [-0.05, 0) is 75.2 Å². The lowest BCUT2D eigenvalue weighted by Gasteiger charge is -2.31. The van der Waals surface area contributed by atoms with Crippen LogP contribution < -0.4 is 10.6 Å². The molecule has 0 aromatic rings. The monoisotopic (exact) mass is 392 g/mol. The Labute approximate surface area is 168 Å². The highest BCUT2D eigenvalue weighted by atomic mass is 16.4. The molecule has 2 amide bonds. The highest BCUT2D eigenvalue weighted by Crippen LogP contribution is 2.55. The van der Waals surface area contributed by atoms with Gasteiger partial charge in [-0.15, -0.1) is 0 Å². The number of carboxylic acids is 1. The Hall–Kier alpha value is -1.85. The lowest BCUT2D eigenvalue weighted by molar-refractivity contribution is -0.137. The van der Waals surface area contributed by atoms with Crippen LogP contribution >= 0.6 is 0 Å². The Balaban J connectivity index is 1.64. The third kappa shape index (κ3) is 7.28. The van der Waals surface area contributed by atoms with E-state index in [1.54, 1.807) is 13.0 Å². The van der Waals surface area contributed by atoms with Gasteiger partial charge in [0.25, 0.3) is 0 Å². The summed E-state index contributed by atoms with van der Waals surface area (Å²) in [5.74, 6) is 2.07. The zero-order valence-electron chi connectivity index (χ0n) is 17.1. The van der Waals surface area contributed by atoms with Gasteiger partial charge in [-0.25, -0.2) is 0 Å². The number of carboxylic acid groups (broad SMARTS) is 1. The van der Waals surface area contributed by atoms with Gasteiger partial charge in [0.1, 0.15) is 0 Å². The maximum absolute atomic E-state index is 11.9. The normalized spacial score (nSPS) is 25.9. The summed E-state index contributed by atoms with van der Waals surface area (Å²) in [4.78, 5) is 33.8. The van der Waals surface area contributed by atoms with Crippen LogP contribution in [-0.4, -0.2) is 36.0 Å². The van der Waals surface area contributed by atoms with Gasteiger partial charge in [-0.3, -0.25) is 14.4 Å². The second-order valence-corrected chi connectivity index (χ2v) is 8.36. The molecule has 2 aliphatic rings. The molecule has 0 aromatic carbocycles. The topological polar surface area (TPSA) is 95.5 Å². The van der Waals surface area contributed by atoms with E-state index in [2.05, 4.69) is 10.6 Å². The smallest absolute Gasteiger partial charge is 0.303 e. The third-order valence-electron chi connectivity index (χ3n) is 6.49. The van der Waals surface area contributed by atoms with Gasteiger partial charge >= 0.3 is 5.97 Å². The van der Waals surface area contributed by atoms with E-state index in [1.165, 1.54) is 38.2 Å². The summed E-state index contributed by atoms with van der Waals surface area (Å²) < 4.78 is 0. The molecule has 0 aliphatic heterocycles. The molecule has 2 fully saturated rings. The maximum atomic E-state index is 11.9. The van der Waals surface area contributed by atoms with Crippen LogP contribution in [0.4, 0.5) is 0 Å². The Morgan fingerprint density at radius 2 is 1.64 bits per heavy atom. The van der Waals surface area contributed by atoms with Crippen molar-refractivity contribution in [3.05, 3.63) is 12.2 Å². The van der Waals surface area contributed by atoms with Gasteiger partial charge in [0.15, 0.2) is 0 Å². The van der Waals surface area contributed by atoms with E-state index in [1.807, 2.05) is 0 Å². The van der Waals surface area contributed by atoms with Crippen molar-refractivity contribution in [3.8, 4) is 0 Å². The molecule has 4 atom stereocenters. The van der Waals surface area contributed by atoms with Crippen LogP contribution in [0.25, 0.3) is 0 Å². The number of carbonyl (C=O) groups excluding carboxylic acids is 2. The minimum atomic E-state index is -0.698. The first-order valence-corrected chi connectivity index (χ1v) is 10.9. The first-order chi connectivity index (χ1) is 13.5. The average Bonchev–Trinajstić information content (AvgIpc) is 3.25. The molecule has 6 heteroatoms. The number of aliphatic carboxylic acids is 1. The Morgan fingerprint density at radius 1 is 0.964 bits per heavy atom. The van der Waals surface area contributed by atoms with Crippen molar-refractivity contribution in [3.63, 3.8) is 0 Å². The summed E-state index contributed by atoms with van der Waals surface area (Å²) in [5.41, 5.74) is 0. The van der Waals surface area contributed by atoms with Gasteiger partial charge in [0, 0.05) is 13.0 Å². The standard InChI is InChI=1S/C22H36N2O4/c1-2-7-20(25)24-15-21(26)23-13-12-19-17-11-10-16(14-17)18(19)8-5-3-4-6-9-22(27)28/h2,7,16-19H,3-6,8-15H2,1H3,(H,23,26)(H,24,25)(H,27,28). The van der Waals surface area contributed by atoms with Crippen LogP contribution in [0.1, 0.15) is 71.1 Å². The van der Waals surface area contributed by atoms with Gasteiger partial charge in [-0.1, -0.05) is 25.3 Å². The summed E-state index contributed by atoms with van der Waals surface area (Å²) in [6.07, 6.45) is 13.7. The number of allylic oxidation sites excluding steroid dienone is 1. The largest absolute Gasteiger partial charge is 0.481 e. The third-order valence-corrected chi connectivity index (χ3v) is 6.49. The molecule has 2 bridgehead atoms. The molecule has 158 valence electrons. The van der Waals surface area contributed by atoms with Crippen molar-refractivity contribution in [2.24, 2.45) is 23.7 Å². The zero-order chi connectivity index (χ0) is 20.4. The predicted octanol–water partition coefficient (Wildman–Crippen LogP) is 3.27. The zero-order valence-corrected chi connectivity index (χ0v) is 17.1. The number of amides is 2. The minimum absolute atomic E-state index is 0.0274. The van der Waals surface area contributed by atoms with E-state index >= 15 is 0 Å². The molecular formula is C22H36N2O4. The number of nitrogens with one attached hydrogen (secondary N) is 2. The average molecular weight is 393 g/mol. The van der Waals surface area contributed by atoms with Crippen molar-refractivity contribution in [1.29, 1.82) is 0 Å². The number of hydrogen-bond acceptors (Lipinski definition) is 3. The fourth-order valence-corrected chi connectivity index (χ4v) is 5.26. The fraction of sp³-hybridized carbons (Fsp3) is 0.773. The van der Waals surface area contributed by atoms with E-state index in [9.17, 15) is 14.4 Å². The molecule has 0 aromatic heterocycles. The molecule has 2 rings (SSSR count). The van der Waals surface area contributed by atoms with Crippen LogP contribution in [0, 0.1) is 23.7 Å². The first-order valence-electron chi connectivity index (χ1n) is 10.9. The van der Waals surface area contributed by atoms with Crippen molar-refractivity contribution in [2.75, 3.05) is 13.1 Å². The molecule has 6 nitrogen and oxygen atoms in total. The van der Waals surface area contributed by atoms with Crippen LogP contribution in [0.15, 0.2) is 12.2 Å². The quantitative estimate of drug-likeness (QED) is 0.331. The summed E-state index contributed by atoms with van der Waals surface area (Å²) >= 11 is 0. The highest BCUT2D eigenvalue weighted by Gasteiger charge is 2.46. The predicted molar refractivity (Wildman–Crippen MR) is 109 cm³/mol. The first kappa shape index (κ1) is 22.4. The van der Waals surface area contributed by atoms with Gasteiger partial charge in [-0.2, -0.15) is 0 Å². The van der Waals surface area contributed by atoms with E-state index in [0.717, 1.165) is 43.4 Å². The maximum Gasteiger partial charge on any atom is 0.303 e. The van der Waals surface area contributed by atoms with Gasteiger partial charge in [0.2, 0.25) is 11.8 Å². The summed E-state index contributed by atoms with van der Waals surface area (Å²) in [7, 11) is 0. The molecule has 0 radical (unpaired) electrons. The lowest BCUT2D eigenvalue weighted by Crippen LogP contribution is -2.37. The second kappa shape index (κ2) is 11.9. The second-order valence-electron chi connectivity index (χ2n) is 8.36. The lowest BCUT2D eigenvalue weighted by atomic mass is 9.75. The number of rotatable bonds is 13. The number of hydrogen-bond donors (Lipinski definition) is 3. The molecule has 4 unspecified atom stereocenters. The van der Waals surface area contributed by atoms with Crippen molar-refractivity contribution in [2.45, 2.75) is 71.1 Å². The Bertz CT molecular complexity index is 561. The fourth-order valence-electron chi connectivity index (χ4n) is 5.26. The molecule has 0 saturated heterocycles. The van der Waals surface area contributed by atoms with Crippen molar-refractivity contribution < 1.29 is 19.5 Å². The number of carbonyl (C=O) groups is 3. The molecule has 0 heterocycles. The summed E-state index contributed by atoms with van der Waals surface area (Å²) in [6.45, 7) is 2.47. The molecular weight excluding hydrogens is 356 g/mol. The van der Waals surface area contributed by atoms with Gasteiger partial charge in [0.05, 0.1) is 6.54 Å². The molecule has 3 N–H and O–H groups in total. The molecule has 2 aliphatic carbocycles. The molecule has 0 spiro atoms. The van der Waals surface area contributed by atoms with Crippen molar-refractivity contribution >= 4 is 17.8 Å². The van der Waals surface area contributed by atoms with Crippen LogP contribution in [0.3, 0.4) is 0 Å². The number of fused-ring (bicyclic) bond motifs is 2. The molecule has 28 heavy (non-hydrogen) atoms.